The third kappa shape index (κ3) is 5.00. The number of carbonyl (C=O) groups excluding carboxylic acids is 1. The Morgan fingerprint density at radius 2 is 2.00 bits per heavy atom. The summed E-state index contributed by atoms with van der Waals surface area (Å²) in [5.41, 5.74) is -1.02. The van der Waals surface area contributed by atoms with Gasteiger partial charge in [-0.1, -0.05) is 6.07 Å². The third-order valence-electron chi connectivity index (χ3n) is 3.16. The molecule has 1 aromatic rings. The van der Waals surface area contributed by atoms with Crippen LogP contribution in [0.15, 0.2) is 18.2 Å². The Morgan fingerprint density at radius 3 is 2.62 bits per heavy atom. The zero-order valence-corrected chi connectivity index (χ0v) is 11.3. The molecule has 1 aromatic carbocycles. The first-order valence-electron chi connectivity index (χ1n) is 6.72. The molecule has 1 amide bonds. The Kier molecular flexibility index (Phi) is 4.82. The number of rotatable bonds is 6. The molecule has 1 aliphatic rings. The Labute approximate surface area is 119 Å². The predicted octanol–water partition coefficient (Wildman–Crippen LogP) is 2.60. The molecule has 3 nitrogen and oxygen atoms in total. The van der Waals surface area contributed by atoms with Crippen molar-refractivity contribution in [3.63, 3.8) is 0 Å². The molecule has 0 saturated heterocycles. The van der Waals surface area contributed by atoms with Crippen molar-refractivity contribution in [2.45, 2.75) is 38.0 Å². The fraction of sp³-hybridized carbons (Fsp3) is 0.500. The van der Waals surface area contributed by atoms with E-state index in [0.717, 1.165) is 25.0 Å². The second-order valence-corrected chi connectivity index (χ2v) is 5.07. The van der Waals surface area contributed by atoms with Crippen LogP contribution < -0.4 is 10.6 Å². The third-order valence-corrected chi connectivity index (χ3v) is 3.16. The van der Waals surface area contributed by atoms with Crippen LogP contribution in [-0.2, 0) is 17.5 Å². The van der Waals surface area contributed by atoms with Crippen molar-refractivity contribution in [2.24, 2.45) is 0 Å². The molecule has 1 aliphatic carbocycles. The summed E-state index contributed by atoms with van der Waals surface area (Å²) in [6, 6.07) is 2.85. The van der Waals surface area contributed by atoms with Crippen LogP contribution in [-0.4, -0.2) is 18.5 Å². The highest BCUT2D eigenvalue weighted by atomic mass is 19.4. The van der Waals surface area contributed by atoms with E-state index in [1.165, 1.54) is 0 Å². The summed E-state index contributed by atoms with van der Waals surface area (Å²) in [5.74, 6) is -1.03. The van der Waals surface area contributed by atoms with E-state index in [1.807, 2.05) is 0 Å². The van der Waals surface area contributed by atoms with Gasteiger partial charge in [-0.25, -0.2) is 4.39 Å². The smallest absolute Gasteiger partial charge is 0.353 e. The molecule has 0 heterocycles. The molecule has 0 aromatic heterocycles. The van der Waals surface area contributed by atoms with E-state index in [0.29, 0.717) is 6.07 Å². The largest absolute Gasteiger partial charge is 0.416 e. The zero-order valence-electron chi connectivity index (χ0n) is 11.3. The Bertz CT molecular complexity index is 512. The van der Waals surface area contributed by atoms with E-state index in [9.17, 15) is 22.4 Å². The summed E-state index contributed by atoms with van der Waals surface area (Å²) >= 11 is 0. The molecule has 2 N–H and O–H groups in total. The van der Waals surface area contributed by atoms with E-state index in [1.54, 1.807) is 0 Å². The van der Waals surface area contributed by atoms with Crippen molar-refractivity contribution in [3.05, 3.63) is 35.1 Å². The fourth-order valence-corrected chi connectivity index (χ4v) is 1.92. The number of hydrogen-bond acceptors (Lipinski definition) is 2. The highest BCUT2D eigenvalue weighted by Crippen LogP contribution is 2.32. The minimum absolute atomic E-state index is 0.0356. The van der Waals surface area contributed by atoms with Crippen molar-refractivity contribution < 1.29 is 22.4 Å². The van der Waals surface area contributed by atoms with Gasteiger partial charge in [0.25, 0.3) is 0 Å². The maximum atomic E-state index is 12.9. The Hall–Kier alpha value is -1.63. The SMILES string of the molecule is O=C(CCNCc1ccc(F)cc1C(F)(F)F)NC1CC1. The molecular formula is C14H16F4N2O. The van der Waals surface area contributed by atoms with Crippen molar-refractivity contribution in [1.82, 2.24) is 10.6 Å². The van der Waals surface area contributed by atoms with Gasteiger partial charge in [0.05, 0.1) is 5.56 Å². The van der Waals surface area contributed by atoms with Gasteiger partial charge in [0.2, 0.25) is 5.91 Å². The number of nitrogens with one attached hydrogen (secondary N) is 2. The van der Waals surface area contributed by atoms with Crippen LogP contribution in [0.3, 0.4) is 0 Å². The lowest BCUT2D eigenvalue weighted by Crippen LogP contribution is -2.29. The molecule has 0 bridgehead atoms. The first kappa shape index (κ1) is 15.8. The lowest BCUT2D eigenvalue weighted by molar-refractivity contribution is -0.138. The van der Waals surface area contributed by atoms with Crippen molar-refractivity contribution >= 4 is 5.91 Å². The molecule has 2 rings (SSSR count). The van der Waals surface area contributed by atoms with Gasteiger partial charge >= 0.3 is 6.18 Å². The summed E-state index contributed by atoms with van der Waals surface area (Å²) in [7, 11) is 0. The quantitative estimate of drug-likeness (QED) is 0.626. The molecule has 0 aliphatic heterocycles. The maximum Gasteiger partial charge on any atom is 0.416 e. The summed E-state index contributed by atoms with van der Waals surface area (Å²) in [5, 5.41) is 5.56. The van der Waals surface area contributed by atoms with Crippen LogP contribution in [0.4, 0.5) is 17.6 Å². The highest BCUT2D eigenvalue weighted by Gasteiger charge is 2.33. The number of hydrogen-bond donors (Lipinski definition) is 2. The van der Waals surface area contributed by atoms with Gasteiger partial charge in [0, 0.05) is 25.6 Å². The van der Waals surface area contributed by atoms with E-state index < -0.39 is 17.6 Å². The number of benzene rings is 1. The molecular weight excluding hydrogens is 288 g/mol. The molecule has 7 heteroatoms. The average Bonchev–Trinajstić information content (AvgIpc) is 3.18. The number of carbonyl (C=O) groups is 1. The van der Waals surface area contributed by atoms with Crippen LogP contribution in [0.1, 0.15) is 30.4 Å². The topological polar surface area (TPSA) is 41.1 Å². The molecule has 21 heavy (non-hydrogen) atoms. The van der Waals surface area contributed by atoms with Crippen LogP contribution in [0.5, 0.6) is 0 Å². The van der Waals surface area contributed by atoms with Gasteiger partial charge in [-0.2, -0.15) is 13.2 Å². The molecule has 1 fully saturated rings. The van der Waals surface area contributed by atoms with Crippen molar-refractivity contribution in [1.29, 1.82) is 0 Å². The second kappa shape index (κ2) is 6.43. The fourth-order valence-electron chi connectivity index (χ4n) is 1.92. The molecule has 0 unspecified atom stereocenters. The second-order valence-electron chi connectivity index (χ2n) is 5.07. The standard InChI is InChI=1S/C14H16F4N2O/c15-10-2-1-9(12(7-10)14(16,17)18)8-19-6-5-13(21)20-11-3-4-11/h1-2,7,11,19H,3-6,8H2,(H,20,21). The van der Waals surface area contributed by atoms with Crippen LogP contribution >= 0.6 is 0 Å². The van der Waals surface area contributed by atoms with E-state index >= 15 is 0 Å². The van der Waals surface area contributed by atoms with Gasteiger partial charge in [-0.05, 0) is 30.5 Å². The summed E-state index contributed by atoms with van der Waals surface area (Å²) in [4.78, 5) is 11.4. The van der Waals surface area contributed by atoms with Crippen LogP contribution in [0.25, 0.3) is 0 Å². The molecule has 116 valence electrons. The Balaban J connectivity index is 1.83. The van der Waals surface area contributed by atoms with Gasteiger partial charge < -0.3 is 10.6 Å². The van der Waals surface area contributed by atoms with Gasteiger partial charge in [0.15, 0.2) is 0 Å². The lowest BCUT2D eigenvalue weighted by atomic mass is 10.1. The lowest BCUT2D eigenvalue weighted by Gasteiger charge is -2.13. The van der Waals surface area contributed by atoms with E-state index in [4.69, 9.17) is 0 Å². The minimum Gasteiger partial charge on any atom is -0.353 e. The van der Waals surface area contributed by atoms with Crippen LogP contribution in [0, 0.1) is 5.82 Å². The number of halogens is 4. The predicted molar refractivity (Wildman–Crippen MR) is 68.9 cm³/mol. The maximum absolute atomic E-state index is 12.9. The number of alkyl halides is 3. The van der Waals surface area contributed by atoms with Crippen LogP contribution in [0.2, 0.25) is 0 Å². The number of amides is 1. The molecule has 1 saturated carbocycles. The van der Waals surface area contributed by atoms with Gasteiger partial charge in [-0.15, -0.1) is 0 Å². The van der Waals surface area contributed by atoms with E-state index in [-0.39, 0.29) is 37.0 Å². The normalized spacial score (nSPS) is 15.0. The summed E-state index contributed by atoms with van der Waals surface area (Å²) < 4.78 is 51.2. The first-order chi connectivity index (χ1) is 9.86. The monoisotopic (exact) mass is 304 g/mol. The van der Waals surface area contributed by atoms with Gasteiger partial charge in [0.1, 0.15) is 5.82 Å². The summed E-state index contributed by atoms with van der Waals surface area (Å²) in [6.07, 6.45) is -2.41. The molecule has 0 atom stereocenters. The molecule has 0 spiro atoms. The highest BCUT2D eigenvalue weighted by molar-refractivity contribution is 5.76. The minimum atomic E-state index is -4.59. The van der Waals surface area contributed by atoms with Gasteiger partial charge in [-0.3, -0.25) is 4.79 Å². The van der Waals surface area contributed by atoms with Crippen molar-refractivity contribution in [3.8, 4) is 0 Å². The average molecular weight is 304 g/mol. The summed E-state index contributed by atoms with van der Waals surface area (Å²) in [6.45, 7) is 0.207. The van der Waals surface area contributed by atoms with Crippen molar-refractivity contribution in [2.75, 3.05) is 6.54 Å². The first-order valence-corrected chi connectivity index (χ1v) is 6.72. The van der Waals surface area contributed by atoms with E-state index in [2.05, 4.69) is 10.6 Å². The Morgan fingerprint density at radius 1 is 1.29 bits per heavy atom. The molecule has 0 radical (unpaired) electrons. The zero-order chi connectivity index (χ0) is 15.5.